The first kappa shape index (κ1) is 14.4. The zero-order chi connectivity index (χ0) is 13.7. The van der Waals surface area contributed by atoms with E-state index in [4.69, 9.17) is 4.74 Å². The number of thiophene rings is 1. The van der Waals surface area contributed by atoms with E-state index < -0.39 is 0 Å². The molecule has 0 aliphatic rings. The molecule has 5 nitrogen and oxygen atoms in total. The summed E-state index contributed by atoms with van der Waals surface area (Å²) >= 11 is 4.93. The molecule has 0 amide bonds. The lowest BCUT2D eigenvalue weighted by Crippen LogP contribution is -2.21. The summed E-state index contributed by atoms with van der Waals surface area (Å²) in [5.41, 5.74) is 0.581. The molecule has 2 rings (SSSR count). The van der Waals surface area contributed by atoms with E-state index in [1.54, 1.807) is 7.11 Å². The van der Waals surface area contributed by atoms with Gasteiger partial charge in [0.15, 0.2) is 5.82 Å². The van der Waals surface area contributed by atoms with Gasteiger partial charge in [-0.25, -0.2) is 4.98 Å². The van der Waals surface area contributed by atoms with Gasteiger partial charge in [-0.3, -0.25) is 4.79 Å². The highest BCUT2D eigenvalue weighted by Gasteiger charge is 2.06. The molecule has 2 aromatic heterocycles. The van der Waals surface area contributed by atoms with Crippen molar-refractivity contribution in [3.8, 4) is 10.7 Å². The summed E-state index contributed by atoms with van der Waals surface area (Å²) in [5.74, 6) is 0.603. The number of rotatable bonds is 6. The summed E-state index contributed by atoms with van der Waals surface area (Å²) < 4.78 is 5.95. The Morgan fingerprint density at radius 2 is 2.37 bits per heavy atom. The Kier molecular flexibility index (Phi) is 5.26. The zero-order valence-corrected chi connectivity index (χ0v) is 12.8. The van der Waals surface area contributed by atoms with Crippen molar-refractivity contribution in [1.82, 2.24) is 15.3 Å². The summed E-state index contributed by atoms with van der Waals surface area (Å²) in [5, 5.41) is 3.17. The van der Waals surface area contributed by atoms with Crippen molar-refractivity contribution in [2.24, 2.45) is 0 Å². The molecule has 0 aliphatic heterocycles. The summed E-state index contributed by atoms with van der Waals surface area (Å²) in [6.07, 6.45) is 0. The summed E-state index contributed by atoms with van der Waals surface area (Å²) in [6.45, 7) is 1.91. The van der Waals surface area contributed by atoms with Crippen LogP contribution in [0.3, 0.4) is 0 Å². The van der Waals surface area contributed by atoms with Gasteiger partial charge in [0.2, 0.25) is 0 Å². The number of halogens is 1. The average Bonchev–Trinajstić information content (AvgIpc) is 2.81. The highest BCUT2D eigenvalue weighted by molar-refractivity contribution is 9.11. The molecular formula is C12H14BrN3O2S. The van der Waals surface area contributed by atoms with Crippen LogP contribution in [0, 0.1) is 0 Å². The fourth-order valence-corrected chi connectivity index (χ4v) is 2.88. The third-order valence-corrected chi connectivity index (χ3v) is 4.02. The summed E-state index contributed by atoms with van der Waals surface area (Å²) in [4.78, 5) is 19.8. The van der Waals surface area contributed by atoms with Crippen LogP contribution in [0.1, 0.15) is 5.69 Å². The molecule has 0 radical (unpaired) electrons. The number of aromatic nitrogens is 2. The molecule has 2 N–H and O–H groups in total. The van der Waals surface area contributed by atoms with Crippen LogP contribution in [0.5, 0.6) is 0 Å². The molecule has 7 heteroatoms. The second kappa shape index (κ2) is 6.95. The van der Waals surface area contributed by atoms with Crippen LogP contribution in [0.2, 0.25) is 0 Å². The fraction of sp³-hybridized carbons (Fsp3) is 0.333. The van der Waals surface area contributed by atoms with Gasteiger partial charge in [-0.1, -0.05) is 0 Å². The number of nitrogens with one attached hydrogen (secondary N) is 2. The Hall–Kier alpha value is -1.02. The lowest BCUT2D eigenvalue weighted by Gasteiger charge is -2.04. The van der Waals surface area contributed by atoms with E-state index in [2.05, 4.69) is 31.2 Å². The molecule has 0 fully saturated rings. The first-order chi connectivity index (χ1) is 9.19. The standard InChI is InChI=1S/C12H14BrN3O2S/c1-18-5-4-14-7-8-6-11(17)16-12(15-8)9-2-3-10(13)19-9/h2-3,6,14H,4-5,7H2,1H3,(H,15,16,17). The molecule has 0 saturated carbocycles. The van der Waals surface area contributed by atoms with Crippen molar-refractivity contribution < 1.29 is 4.74 Å². The van der Waals surface area contributed by atoms with E-state index in [1.807, 2.05) is 12.1 Å². The average molecular weight is 344 g/mol. The fourth-order valence-electron chi connectivity index (χ4n) is 1.55. The lowest BCUT2D eigenvalue weighted by molar-refractivity contribution is 0.199. The predicted octanol–water partition coefficient (Wildman–Crippen LogP) is 2.00. The second-order valence-corrected chi connectivity index (χ2v) is 6.32. The Morgan fingerprint density at radius 1 is 1.53 bits per heavy atom. The number of hydrogen-bond acceptors (Lipinski definition) is 5. The molecule has 0 saturated heterocycles. The third kappa shape index (κ3) is 4.24. The van der Waals surface area contributed by atoms with Gasteiger partial charge >= 0.3 is 0 Å². The third-order valence-electron chi connectivity index (χ3n) is 2.39. The summed E-state index contributed by atoms with van der Waals surface area (Å²) in [7, 11) is 1.65. The van der Waals surface area contributed by atoms with E-state index >= 15 is 0 Å². The minimum Gasteiger partial charge on any atom is -0.383 e. The summed E-state index contributed by atoms with van der Waals surface area (Å²) in [6, 6.07) is 5.37. The van der Waals surface area contributed by atoms with Gasteiger partial charge in [0.1, 0.15) is 0 Å². The largest absolute Gasteiger partial charge is 0.383 e. The quantitative estimate of drug-likeness (QED) is 0.787. The molecule has 0 aliphatic carbocycles. The number of methoxy groups -OCH3 is 1. The van der Waals surface area contributed by atoms with Gasteiger partial charge in [-0.05, 0) is 28.1 Å². The van der Waals surface area contributed by atoms with Crippen molar-refractivity contribution in [3.05, 3.63) is 38.0 Å². The van der Waals surface area contributed by atoms with Crippen molar-refractivity contribution in [2.75, 3.05) is 20.3 Å². The molecular weight excluding hydrogens is 330 g/mol. The van der Waals surface area contributed by atoms with Gasteiger partial charge in [0.05, 0.1) is 21.0 Å². The maximum Gasteiger partial charge on any atom is 0.251 e. The van der Waals surface area contributed by atoms with Crippen molar-refractivity contribution in [3.63, 3.8) is 0 Å². The minimum absolute atomic E-state index is 0.141. The van der Waals surface area contributed by atoms with Crippen molar-refractivity contribution in [2.45, 2.75) is 6.54 Å². The van der Waals surface area contributed by atoms with Crippen LogP contribution in [-0.4, -0.2) is 30.2 Å². The highest BCUT2D eigenvalue weighted by atomic mass is 79.9. The van der Waals surface area contributed by atoms with E-state index in [0.29, 0.717) is 19.0 Å². The number of ether oxygens (including phenoxy) is 1. The van der Waals surface area contributed by atoms with Crippen LogP contribution in [0.4, 0.5) is 0 Å². The Morgan fingerprint density at radius 3 is 3.05 bits per heavy atom. The highest BCUT2D eigenvalue weighted by Crippen LogP contribution is 2.28. The molecule has 2 heterocycles. The molecule has 0 spiro atoms. The predicted molar refractivity (Wildman–Crippen MR) is 79.5 cm³/mol. The van der Waals surface area contributed by atoms with Gasteiger partial charge in [0.25, 0.3) is 5.56 Å². The first-order valence-corrected chi connectivity index (χ1v) is 7.35. The lowest BCUT2D eigenvalue weighted by atomic mass is 10.3. The number of hydrogen-bond donors (Lipinski definition) is 2. The molecule has 2 aromatic rings. The van der Waals surface area contributed by atoms with Crippen molar-refractivity contribution in [1.29, 1.82) is 0 Å². The maximum absolute atomic E-state index is 11.6. The van der Waals surface area contributed by atoms with E-state index in [9.17, 15) is 4.79 Å². The van der Waals surface area contributed by atoms with E-state index in [0.717, 1.165) is 20.9 Å². The van der Waals surface area contributed by atoms with Gasteiger partial charge in [-0.15, -0.1) is 11.3 Å². The minimum atomic E-state index is -0.141. The molecule has 0 unspecified atom stereocenters. The Balaban J connectivity index is 2.13. The molecule has 0 atom stereocenters. The van der Waals surface area contributed by atoms with Crippen LogP contribution in [0.25, 0.3) is 10.7 Å². The molecule has 0 bridgehead atoms. The van der Waals surface area contributed by atoms with Crippen molar-refractivity contribution >= 4 is 27.3 Å². The van der Waals surface area contributed by atoms with E-state index in [-0.39, 0.29) is 5.56 Å². The van der Waals surface area contributed by atoms with Crippen LogP contribution in [-0.2, 0) is 11.3 Å². The molecule has 19 heavy (non-hydrogen) atoms. The number of H-pyrrole nitrogens is 1. The SMILES string of the molecule is COCCNCc1cc(=O)[nH]c(-c2ccc(Br)s2)n1. The smallest absolute Gasteiger partial charge is 0.251 e. The first-order valence-electron chi connectivity index (χ1n) is 5.74. The number of nitrogens with zero attached hydrogens (tertiary/aromatic N) is 1. The maximum atomic E-state index is 11.6. The van der Waals surface area contributed by atoms with Crippen LogP contribution < -0.4 is 10.9 Å². The second-order valence-electron chi connectivity index (χ2n) is 3.86. The van der Waals surface area contributed by atoms with E-state index in [1.165, 1.54) is 17.4 Å². The topological polar surface area (TPSA) is 67.0 Å². The van der Waals surface area contributed by atoms with Crippen LogP contribution in [0.15, 0.2) is 26.8 Å². The van der Waals surface area contributed by atoms with Gasteiger partial charge < -0.3 is 15.0 Å². The Labute approximate surface area is 123 Å². The normalized spacial score (nSPS) is 10.8. The zero-order valence-electron chi connectivity index (χ0n) is 10.4. The monoisotopic (exact) mass is 343 g/mol. The van der Waals surface area contributed by atoms with Gasteiger partial charge in [-0.2, -0.15) is 0 Å². The Bertz CT molecular complexity index is 597. The molecule has 0 aromatic carbocycles. The number of aromatic amines is 1. The molecule has 102 valence electrons. The van der Waals surface area contributed by atoms with Gasteiger partial charge in [0, 0.05) is 26.3 Å². The van der Waals surface area contributed by atoms with Crippen LogP contribution >= 0.6 is 27.3 Å².